The van der Waals surface area contributed by atoms with Gasteiger partial charge in [-0.1, -0.05) is 13.0 Å². The Morgan fingerprint density at radius 1 is 1.42 bits per heavy atom. The van der Waals surface area contributed by atoms with Crippen LogP contribution < -0.4 is 4.74 Å². The van der Waals surface area contributed by atoms with Crippen LogP contribution in [0.5, 0.6) is 11.5 Å². The fraction of sp³-hybridized carbons (Fsp3) is 0.438. The molecule has 0 aliphatic carbocycles. The molecule has 0 saturated heterocycles. The monoisotopic (exact) mass is 260 g/mol. The van der Waals surface area contributed by atoms with Gasteiger partial charge in [-0.25, -0.2) is 0 Å². The molecule has 2 rings (SSSR count). The van der Waals surface area contributed by atoms with Crippen LogP contribution in [-0.2, 0) is 0 Å². The van der Waals surface area contributed by atoms with Gasteiger partial charge < -0.3 is 9.84 Å². The summed E-state index contributed by atoms with van der Waals surface area (Å²) in [6.07, 6.45) is 5.13. The molecule has 1 aliphatic rings. The number of carbonyl (C=O) groups is 1. The molecule has 0 bridgehead atoms. The number of benzene rings is 1. The highest BCUT2D eigenvalue weighted by atomic mass is 16.5. The number of ketones is 1. The third-order valence-corrected chi connectivity index (χ3v) is 3.32. The predicted molar refractivity (Wildman–Crippen MR) is 75.8 cm³/mol. The minimum absolute atomic E-state index is 0.0240. The summed E-state index contributed by atoms with van der Waals surface area (Å²) < 4.78 is 5.87. The van der Waals surface area contributed by atoms with Gasteiger partial charge in [-0.3, -0.25) is 4.79 Å². The zero-order valence-electron chi connectivity index (χ0n) is 11.9. The summed E-state index contributed by atoms with van der Waals surface area (Å²) in [4.78, 5) is 12.0. The molecule has 0 fully saturated rings. The Morgan fingerprint density at radius 3 is 2.74 bits per heavy atom. The van der Waals surface area contributed by atoms with Crippen molar-refractivity contribution in [3.63, 3.8) is 0 Å². The average Bonchev–Trinajstić information content (AvgIpc) is 2.34. The van der Waals surface area contributed by atoms with Crippen LogP contribution in [0.1, 0.15) is 55.1 Å². The maximum atomic E-state index is 12.0. The van der Waals surface area contributed by atoms with E-state index in [0.717, 1.165) is 12.0 Å². The number of Topliss-reactive ketones (excluding diaryl/α,β-unsaturated/α-hetero) is 1. The van der Waals surface area contributed by atoms with E-state index >= 15 is 0 Å². The Bertz CT molecular complexity index is 554. The summed E-state index contributed by atoms with van der Waals surface area (Å²) in [6, 6.07) is 1.72. The summed E-state index contributed by atoms with van der Waals surface area (Å²) in [7, 11) is 0. The molecule has 1 heterocycles. The molecule has 1 aromatic carbocycles. The number of aromatic hydroxyl groups is 1. The van der Waals surface area contributed by atoms with Crippen molar-refractivity contribution in [2.75, 3.05) is 0 Å². The van der Waals surface area contributed by atoms with Crippen LogP contribution in [0.25, 0.3) is 6.08 Å². The third-order valence-electron chi connectivity index (χ3n) is 3.32. The normalized spacial score (nSPS) is 15.8. The highest BCUT2D eigenvalue weighted by molar-refractivity contribution is 6.00. The van der Waals surface area contributed by atoms with Gasteiger partial charge in [0.25, 0.3) is 0 Å². The molecule has 3 nitrogen and oxygen atoms in total. The summed E-state index contributed by atoms with van der Waals surface area (Å²) >= 11 is 0. The Kier molecular flexibility index (Phi) is 3.40. The number of phenolic OH excluding ortho intramolecular Hbond substituents is 1. The maximum Gasteiger partial charge on any atom is 0.166 e. The van der Waals surface area contributed by atoms with E-state index < -0.39 is 0 Å². The van der Waals surface area contributed by atoms with Gasteiger partial charge in [-0.15, -0.1) is 0 Å². The molecule has 1 N–H and O–H groups in total. The number of hydrogen-bond acceptors (Lipinski definition) is 3. The van der Waals surface area contributed by atoms with Crippen molar-refractivity contribution >= 4 is 11.9 Å². The first-order valence-corrected chi connectivity index (χ1v) is 6.63. The highest BCUT2D eigenvalue weighted by Crippen LogP contribution is 2.40. The van der Waals surface area contributed by atoms with Crippen molar-refractivity contribution in [3.05, 3.63) is 28.8 Å². The van der Waals surface area contributed by atoms with E-state index in [-0.39, 0.29) is 17.1 Å². The third kappa shape index (κ3) is 2.50. The second kappa shape index (κ2) is 4.72. The summed E-state index contributed by atoms with van der Waals surface area (Å²) in [5.74, 6) is 0.686. The van der Waals surface area contributed by atoms with Crippen LogP contribution >= 0.6 is 0 Å². The Labute approximate surface area is 113 Å². The minimum Gasteiger partial charge on any atom is -0.507 e. The van der Waals surface area contributed by atoms with Gasteiger partial charge in [0.05, 0.1) is 5.56 Å². The van der Waals surface area contributed by atoms with Crippen LogP contribution in [0, 0.1) is 6.92 Å². The molecule has 102 valence electrons. The Morgan fingerprint density at radius 2 is 2.11 bits per heavy atom. The van der Waals surface area contributed by atoms with Crippen LogP contribution in [0.2, 0.25) is 0 Å². The van der Waals surface area contributed by atoms with E-state index in [0.29, 0.717) is 23.3 Å². The van der Waals surface area contributed by atoms with Gasteiger partial charge in [-0.05, 0) is 39.3 Å². The lowest BCUT2D eigenvalue weighted by atomic mass is 9.94. The van der Waals surface area contributed by atoms with Crippen molar-refractivity contribution in [1.82, 2.24) is 0 Å². The number of rotatable bonds is 3. The Hall–Kier alpha value is -1.77. The van der Waals surface area contributed by atoms with Crippen molar-refractivity contribution in [3.8, 4) is 11.5 Å². The SMILES string of the molecule is CCCC(=O)c1cc2c(c(C)c1O)OC(C)(C)C=C2. The fourth-order valence-corrected chi connectivity index (χ4v) is 2.24. The lowest BCUT2D eigenvalue weighted by Crippen LogP contribution is -2.28. The summed E-state index contributed by atoms with van der Waals surface area (Å²) in [6.45, 7) is 7.65. The van der Waals surface area contributed by atoms with Crippen LogP contribution in [-0.4, -0.2) is 16.5 Å². The van der Waals surface area contributed by atoms with Gasteiger partial charge in [0, 0.05) is 17.5 Å². The number of carbonyl (C=O) groups excluding carboxylic acids is 1. The van der Waals surface area contributed by atoms with Gasteiger partial charge in [-0.2, -0.15) is 0 Å². The molecule has 1 aromatic rings. The average molecular weight is 260 g/mol. The van der Waals surface area contributed by atoms with Crippen molar-refractivity contribution < 1.29 is 14.6 Å². The molecule has 0 amide bonds. The first-order valence-electron chi connectivity index (χ1n) is 6.63. The van der Waals surface area contributed by atoms with Gasteiger partial charge in [0.15, 0.2) is 5.78 Å². The van der Waals surface area contributed by atoms with E-state index in [9.17, 15) is 9.90 Å². The molecule has 0 unspecified atom stereocenters. The van der Waals surface area contributed by atoms with E-state index in [2.05, 4.69) is 0 Å². The lowest BCUT2D eigenvalue weighted by molar-refractivity contribution is 0.0978. The molecule has 0 atom stereocenters. The van der Waals surface area contributed by atoms with E-state index in [1.165, 1.54) is 0 Å². The predicted octanol–water partition coefficient (Wildman–Crippen LogP) is 3.87. The molecule has 1 aliphatic heterocycles. The summed E-state index contributed by atoms with van der Waals surface area (Å²) in [5.41, 5.74) is 1.49. The molecule has 0 radical (unpaired) electrons. The first-order chi connectivity index (χ1) is 8.85. The van der Waals surface area contributed by atoms with E-state index in [4.69, 9.17) is 4.74 Å². The summed E-state index contributed by atoms with van der Waals surface area (Å²) in [5, 5.41) is 10.2. The van der Waals surface area contributed by atoms with Crippen LogP contribution in [0.15, 0.2) is 12.1 Å². The van der Waals surface area contributed by atoms with Crippen LogP contribution in [0.4, 0.5) is 0 Å². The standard InChI is InChI=1S/C16H20O3/c1-5-6-13(17)12-9-11-7-8-16(3,4)19-15(11)10(2)14(12)18/h7-9,18H,5-6H2,1-4H3. The van der Waals surface area contributed by atoms with E-state index in [1.54, 1.807) is 13.0 Å². The number of fused-ring (bicyclic) bond motifs is 1. The molecule has 0 aromatic heterocycles. The van der Waals surface area contributed by atoms with Gasteiger partial charge in [0.1, 0.15) is 17.1 Å². The quantitative estimate of drug-likeness (QED) is 0.839. The van der Waals surface area contributed by atoms with Crippen LogP contribution in [0.3, 0.4) is 0 Å². The second-order valence-corrected chi connectivity index (χ2v) is 5.53. The smallest absolute Gasteiger partial charge is 0.166 e. The number of ether oxygens (including phenoxy) is 1. The Balaban J connectivity index is 2.53. The zero-order chi connectivity index (χ0) is 14.2. The molecule has 0 spiro atoms. The number of hydrogen-bond donors (Lipinski definition) is 1. The zero-order valence-corrected chi connectivity index (χ0v) is 11.9. The van der Waals surface area contributed by atoms with Gasteiger partial charge >= 0.3 is 0 Å². The highest BCUT2D eigenvalue weighted by Gasteiger charge is 2.26. The number of phenols is 1. The maximum absolute atomic E-state index is 12.0. The van der Waals surface area contributed by atoms with Crippen molar-refractivity contribution in [1.29, 1.82) is 0 Å². The van der Waals surface area contributed by atoms with Gasteiger partial charge in [0.2, 0.25) is 0 Å². The van der Waals surface area contributed by atoms with Crippen molar-refractivity contribution in [2.45, 2.75) is 46.1 Å². The molecule has 3 heteroatoms. The lowest BCUT2D eigenvalue weighted by Gasteiger charge is -2.29. The van der Waals surface area contributed by atoms with Crippen molar-refractivity contribution in [2.24, 2.45) is 0 Å². The fourth-order valence-electron chi connectivity index (χ4n) is 2.24. The van der Waals surface area contributed by atoms with E-state index in [1.807, 2.05) is 32.9 Å². The molecular formula is C16H20O3. The molecule has 19 heavy (non-hydrogen) atoms. The largest absolute Gasteiger partial charge is 0.507 e. The topological polar surface area (TPSA) is 46.5 Å². The molecular weight excluding hydrogens is 240 g/mol. The second-order valence-electron chi connectivity index (χ2n) is 5.53. The minimum atomic E-state index is -0.390. The first kappa shape index (κ1) is 13.7. The molecule has 0 saturated carbocycles.